The molecule has 0 aliphatic rings. The Kier molecular flexibility index (Phi) is 7.15. The molecule has 0 bridgehead atoms. The first-order chi connectivity index (χ1) is 5.31. The molecule has 66 valence electrons. The summed E-state index contributed by atoms with van der Waals surface area (Å²) >= 11 is 0. The summed E-state index contributed by atoms with van der Waals surface area (Å²) in [5.41, 5.74) is 0. The monoisotopic (exact) mass is 158 g/mol. The van der Waals surface area contributed by atoms with E-state index in [2.05, 4.69) is 17.6 Å². The summed E-state index contributed by atoms with van der Waals surface area (Å²) < 4.78 is 0. The van der Waals surface area contributed by atoms with E-state index in [1.54, 1.807) is 7.05 Å². The van der Waals surface area contributed by atoms with E-state index in [1.165, 1.54) is 12.8 Å². The van der Waals surface area contributed by atoms with Crippen LogP contribution in [-0.2, 0) is 4.79 Å². The smallest absolute Gasteiger partial charge is 0.233 e. The molecule has 3 nitrogen and oxygen atoms in total. The quantitative estimate of drug-likeness (QED) is 0.553. The van der Waals surface area contributed by atoms with Crippen LogP contribution in [0.1, 0.15) is 26.2 Å². The van der Waals surface area contributed by atoms with Crippen LogP contribution in [0, 0.1) is 0 Å². The van der Waals surface area contributed by atoms with Gasteiger partial charge in [0.15, 0.2) is 0 Å². The highest BCUT2D eigenvalue weighted by Gasteiger charge is 1.94. The Balaban J connectivity index is 2.95. The minimum atomic E-state index is 0.0569. The summed E-state index contributed by atoms with van der Waals surface area (Å²) in [5, 5.41) is 5.61. The molecular weight excluding hydrogens is 140 g/mol. The largest absolute Gasteiger partial charge is 0.358 e. The minimum Gasteiger partial charge on any atom is -0.358 e. The molecule has 0 saturated carbocycles. The summed E-state index contributed by atoms with van der Waals surface area (Å²) in [6.45, 7) is 3.56. The second-order valence-electron chi connectivity index (χ2n) is 2.56. The van der Waals surface area contributed by atoms with Crippen LogP contribution < -0.4 is 10.6 Å². The van der Waals surface area contributed by atoms with Crippen molar-refractivity contribution in [3.8, 4) is 0 Å². The number of carbonyl (C=O) groups is 1. The van der Waals surface area contributed by atoms with E-state index in [0.29, 0.717) is 6.54 Å². The van der Waals surface area contributed by atoms with Crippen LogP contribution >= 0.6 is 0 Å². The van der Waals surface area contributed by atoms with E-state index in [-0.39, 0.29) is 5.91 Å². The van der Waals surface area contributed by atoms with Gasteiger partial charge in [-0.1, -0.05) is 19.8 Å². The van der Waals surface area contributed by atoms with Crippen LogP contribution in [0.5, 0.6) is 0 Å². The molecule has 0 spiro atoms. The van der Waals surface area contributed by atoms with E-state index < -0.39 is 0 Å². The van der Waals surface area contributed by atoms with Crippen molar-refractivity contribution in [2.75, 3.05) is 20.1 Å². The molecule has 0 fully saturated rings. The van der Waals surface area contributed by atoms with Gasteiger partial charge < -0.3 is 10.6 Å². The maximum Gasteiger partial charge on any atom is 0.233 e. The highest BCUT2D eigenvalue weighted by atomic mass is 16.1. The third-order valence-corrected chi connectivity index (χ3v) is 1.52. The predicted octanol–water partition coefficient (Wildman–Crippen LogP) is 0.512. The van der Waals surface area contributed by atoms with Gasteiger partial charge in [-0.15, -0.1) is 0 Å². The van der Waals surface area contributed by atoms with Gasteiger partial charge in [-0.05, 0) is 13.0 Å². The molecule has 0 aliphatic carbocycles. The summed E-state index contributed by atoms with van der Waals surface area (Å²) in [5.74, 6) is 0.0569. The van der Waals surface area contributed by atoms with E-state index in [0.717, 1.165) is 13.0 Å². The summed E-state index contributed by atoms with van der Waals surface area (Å²) in [7, 11) is 1.65. The topological polar surface area (TPSA) is 41.1 Å². The van der Waals surface area contributed by atoms with Crippen molar-refractivity contribution in [1.82, 2.24) is 10.6 Å². The normalized spacial score (nSPS) is 9.64. The van der Waals surface area contributed by atoms with Gasteiger partial charge in [0.2, 0.25) is 5.91 Å². The average molecular weight is 158 g/mol. The second kappa shape index (κ2) is 7.54. The number of carbonyl (C=O) groups excluding carboxylic acids is 1. The molecule has 0 aromatic rings. The van der Waals surface area contributed by atoms with Gasteiger partial charge in [0.05, 0.1) is 6.54 Å². The molecule has 0 aromatic heterocycles. The molecular formula is C8H18N2O. The van der Waals surface area contributed by atoms with Gasteiger partial charge in [-0.25, -0.2) is 0 Å². The van der Waals surface area contributed by atoms with Crippen molar-refractivity contribution in [3.05, 3.63) is 0 Å². The Morgan fingerprint density at radius 2 is 2.09 bits per heavy atom. The van der Waals surface area contributed by atoms with Gasteiger partial charge in [-0.3, -0.25) is 4.79 Å². The zero-order chi connectivity index (χ0) is 8.53. The van der Waals surface area contributed by atoms with Crippen LogP contribution in [0.15, 0.2) is 0 Å². The van der Waals surface area contributed by atoms with Crippen molar-refractivity contribution in [3.63, 3.8) is 0 Å². The Morgan fingerprint density at radius 3 is 2.64 bits per heavy atom. The molecule has 0 rings (SSSR count). The molecule has 2 N–H and O–H groups in total. The second-order valence-corrected chi connectivity index (χ2v) is 2.56. The standard InChI is InChI=1S/C8H18N2O/c1-3-4-5-6-10-7-8(11)9-2/h10H,3-7H2,1-2H3,(H,9,11). The van der Waals surface area contributed by atoms with Crippen LogP contribution in [-0.4, -0.2) is 26.0 Å². The van der Waals surface area contributed by atoms with E-state index in [4.69, 9.17) is 0 Å². The lowest BCUT2D eigenvalue weighted by atomic mass is 10.2. The van der Waals surface area contributed by atoms with Crippen molar-refractivity contribution < 1.29 is 4.79 Å². The lowest BCUT2D eigenvalue weighted by Crippen LogP contribution is -2.31. The maximum absolute atomic E-state index is 10.7. The first kappa shape index (κ1) is 10.4. The average Bonchev–Trinajstić information content (AvgIpc) is 2.04. The third kappa shape index (κ3) is 7.33. The van der Waals surface area contributed by atoms with Crippen LogP contribution in [0.4, 0.5) is 0 Å². The third-order valence-electron chi connectivity index (χ3n) is 1.52. The SMILES string of the molecule is CCCCCNCC(=O)NC. The van der Waals surface area contributed by atoms with Crippen molar-refractivity contribution in [2.24, 2.45) is 0 Å². The molecule has 3 heteroatoms. The molecule has 0 saturated heterocycles. The number of amides is 1. The summed E-state index contributed by atoms with van der Waals surface area (Å²) in [6, 6.07) is 0. The van der Waals surface area contributed by atoms with Gasteiger partial charge >= 0.3 is 0 Å². The van der Waals surface area contributed by atoms with Crippen molar-refractivity contribution >= 4 is 5.91 Å². The van der Waals surface area contributed by atoms with Crippen LogP contribution in [0.25, 0.3) is 0 Å². The minimum absolute atomic E-state index is 0.0569. The summed E-state index contributed by atoms with van der Waals surface area (Å²) in [4.78, 5) is 10.7. The fourth-order valence-corrected chi connectivity index (χ4v) is 0.790. The number of nitrogens with one attached hydrogen (secondary N) is 2. The van der Waals surface area contributed by atoms with Crippen LogP contribution in [0.2, 0.25) is 0 Å². The molecule has 0 aromatic carbocycles. The fraction of sp³-hybridized carbons (Fsp3) is 0.875. The Hall–Kier alpha value is -0.570. The zero-order valence-electron chi connectivity index (χ0n) is 7.44. The highest BCUT2D eigenvalue weighted by molar-refractivity contribution is 5.77. The molecule has 0 unspecified atom stereocenters. The number of unbranched alkanes of at least 4 members (excludes halogenated alkanes) is 2. The molecule has 11 heavy (non-hydrogen) atoms. The number of rotatable bonds is 6. The Labute approximate surface area is 68.6 Å². The maximum atomic E-state index is 10.7. The fourth-order valence-electron chi connectivity index (χ4n) is 0.790. The first-order valence-electron chi connectivity index (χ1n) is 4.22. The Morgan fingerprint density at radius 1 is 1.36 bits per heavy atom. The highest BCUT2D eigenvalue weighted by Crippen LogP contribution is 1.90. The molecule has 0 atom stereocenters. The molecule has 0 radical (unpaired) electrons. The summed E-state index contributed by atoms with van der Waals surface area (Å²) in [6.07, 6.45) is 3.62. The lowest BCUT2D eigenvalue weighted by molar-refractivity contribution is -0.119. The van der Waals surface area contributed by atoms with E-state index in [9.17, 15) is 4.79 Å². The molecule has 0 heterocycles. The lowest BCUT2D eigenvalue weighted by Gasteiger charge is -2.01. The molecule has 1 amide bonds. The van der Waals surface area contributed by atoms with Gasteiger partial charge in [0.1, 0.15) is 0 Å². The van der Waals surface area contributed by atoms with Crippen molar-refractivity contribution in [2.45, 2.75) is 26.2 Å². The van der Waals surface area contributed by atoms with Crippen LogP contribution in [0.3, 0.4) is 0 Å². The van der Waals surface area contributed by atoms with E-state index >= 15 is 0 Å². The Bertz CT molecular complexity index is 104. The van der Waals surface area contributed by atoms with Gasteiger partial charge in [-0.2, -0.15) is 0 Å². The van der Waals surface area contributed by atoms with Gasteiger partial charge in [0, 0.05) is 7.05 Å². The van der Waals surface area contributed by atoms with Crippen molar-refractivity contribution in [1.29, 1.82) is 0 Å². The van der Waals surface area contributed by atoms with Gasteiger partial charge in [0.25, 0.3) is 0 Å². The number of hydrogen-bond donors (Lipinski definition) is 2. The van der Waals surface area contributed by atoms with E-state index in [1.807, 2.05) is 0 Å². The molecule has 0 aliphatic heterocycles. The number of likely N-dealkylation sites (N-methyl/N-ethyl adjacent to an activating group) is 1. The number of hydrogen-bond acceptors (Lipinski definition) is 2. The predicted molar refractivity (Wildman–Crippen MR) is 46.5 cm³/mol. The first-order valence-corrected chi connectivity index (χ1v) is 4.22. The zero-order valence-corrected chi connectivity index (χ0v) is 7.44.